The Bertz CT molecular complexity index is 229. The highest BCUT2D eigenvalue weighted by molar-refractivity contribution is 5.93. The first-order chi connectivity index (χ1) is 5.99. The van der Waals surface area contributed by atoms with Crippen LogP contribution < -0.4 is 0 Å². The molecule has 0 saturated carbocycles. The van der Waals surface area contributed by atoms with Gasteiger partial charge in [-0.3, -0.25) is 9.59 Å². The van der Waals surface area contributed by atoms with Crippen LogP contribution in [0, 0.1) is 5.92 Å². The van der Waals surface area contributed by atoms with Gasteiger partial charge in [-0.2, -0.15) is 0 Å². The molecule has 6 nitrogen and oxygen atoms in total. The highest BCUT2D eigenvalue weighted by atomic mass is 16.5. The molecule has 0 amide bonds. The summed E-state index contributed by atoms with van der Waals surface area (Å²) in [4.78, 5) is 30.9. The fraction of sp³-hybridized carbons (Fsp3) is 0.286. The second-order valence-electron chi connectivity index (χ2n) is 2.06. The van der Waals surface area contributed by atoms with Gasteiger partial charge in [-0.1, -0.05) is 6.58 Å². The molecule has 0 aliphatic carbocycles. The van der Waals surface area contributed by atoms with Gasteiger partial charge in [0.25, 0.3) is 0 Å². The first-order valence-corrected chi connectivity index (χ1v) is 3.23. The molecule has 6 heteroatoms. The molecule has 72 valence electrons. The van der Waals surface area contributed by atoms with Gasteiger partial charge in [0.1, 0.15) is 6.61 Å². The van der Waals surface area contributed by atoms with E-state index in [0.717, 1.165) is 6.08 Å². The van der Waals surface area contributed by atoms with Crippen molar-refractivity contribution in [3.05, 3.63) is 12.7 Å². The lowest BCUT2D eigenvalue weighted by Gasteiger charge is -2.06. The van der Waals surface area contributed by atoms with E-state index < -0.39 is 30.4 Å². The smallest absolute Gasteiger partial charge is 0.330 e. The van der Waals surface area contributed by atoms with E-state index in [-0.39, 0.29) is 0 Å². The van der Waals surface area contributed by atoms with Crippen LogP contribution in [-0.2, 0) is 19.1 Å². The minimum atomic E-state index is -1.73. The van der Waals surface area contributed by atoms with Crippen molar-refractivity contribution in [2.45, 2.75) is 0 Å². The van der Waals surface area contributed by atoms with Crippen molar-refractivity contribution in [3.63, 3.8) is 0 Å². The number of carbonyl (C=O) groups excluding carboxylic acids is 1. The normalized spacial score (nSPS) is 9.31. The standard InChI is InChI=1S/C7H8O6/c1-2-5(8)13-3-4(6(9)10)7(11)12/h2,4H,1,3H2,(H,9,10)(H,11,12). The highest BCUT2D eigenvalue weighted by Gasteiger charge is 2.26. The maximum atomic E-state index is 10.4. The summed E-state index contributed by atoms with van der Waals surface area (Å²) in [6, 6.07) is 0. The highest BCUT2D eigenvalue weighted by Crippen LogP contribution is 1.98. The van der Waals surface area contributed by atoms with Crippen molar-refractivity contribution in [3.8, 4) is 0 Å². The Morgan fingerprint density at radius 1 is 1.31 bits per heavy atom. The molecular weight excluding hydrogens is 180 g/mol. The molecule has 0 aromatic rings. The topological polar surface area (TPSA) is 101 Å². The van der Waals surface area contributed by atoms with E-state index in [2.05, 4.69) is 11.3 Å². The van der Waals surface area contributed by atoms with E-state index in [1.807, 2.05) is 0 Å². The molecule has 0 aromatic carbocycles. The van der Waals surface area contributed by atoms with Crippen molar-refractivity contribution in [1.29, 1.82) is 0 Å². The van der Waals surface area contributed by atoms with Gasteiger partial charge >= 0.3 is 17.9 Å². The molecule has 0 bridgehead atoms. The molecule has 0 unspecified atom stereocenters. The lowest BCUT2D eigenvalue weighted by Crippen LogP contribution is -2.28. The largest absolute Gasteiger partial charge is 0.481 e. The zero-order valence-electron chi connectivity index (χ0n) is 6.60. The summed E-state index contributed by atoms with van der Waals surface area (Å²) in [6.45, 7) is 2.36. The summed E-state index contributed by atoms with van der Waals surface area (Å²) in [6.07, 6.45) is 0.820. The van der Waals surface area contributed by atoms with Crippen molar-refractivity contribution in [1.82, 2.24) is 0 Å². The molecule has 0 aliphatic rings. The number of carboxylic acid groups (broad SMARTS) is 2. The van der Waals surface area contributed by atoms with Crippen molar-refractivity contribution >= 4 is 17.9 Å². The third-order valence-electron chi connectivity index (χ3n) is 1.16. The van der Waals surface area contributed by atoms with E-state index in [1.54, 1.807) is 0 Å². The summed E-state index contributed by atoms with van der Waals surface area (Å²) in [5.74, 6) is -5.69. The van der Waals surface area contributed by atoms with Gasteiger partial charge in [0.05, 0.1) is 0 Å². The lowest BCUT2D eigenvalue weighted by molar-refractivity contribution is -0.159. The summed E-state index contributed by atoms with van der Waals surface area (Å²) < 4.78 is 4.26. The second kappa shape index (κ2) is 4.91. The third-order valence-corrected chi connectivity index (χ3v) is 1.16. The minimum absolute atomic E-state index is 0.699. The number of ether oxygens (including phenoxy) is 1. The average molecular weight is 188 g/mol. The fourth-order valence-corrected chi connectivity index (χ4v) is 0.473. The minimum Gasteiger partial charge on any atom is -0.481 e. The summed E-state index contributed by atoms with van der Waals surface area (Å²) in [5, 5.41) is 16.7. The molecule has 0 atom stereocenters. The Hall–Kier alpha value is -1.85. The maximum Gasteiger partial charge on any atom is 0.330 e. The number of rotatable bonds is 5. The molecular formula is C7H8O6. The Balaban J connectivity index is 4.12. The van der Waals surface area contributed by atoms with Crippen LogP contribution in [0.3, 0.4) is 0 Å². The van der Waals surface area contributed by atoms with E-state index in [0.29, 0.717) is 0 Å². The van der Waals surface area contributed by atoms with Gasteiger partial charge in [0.15, 0.2) is 5.92 Å². The molecule has 0 heterocycles. The molecule has 0 saturated heterocycles. The first-order valence-electron chi connectivity index (χ1n) is 3.23. The summed E-state index contributed by atoms with van der Waals surface area (Å²) >= 11 is 0. The Kier molecular flexibility index (Phi) is 4.21. The Labute approximate surface area is 73.4 Å². The van der Waals surface area contributed by atoms with Crippen LogP contribution in [0.25, 0.3) is 0 Å². The number of carbonyl (C=O) groups is 3. The van der Waals surface area contributed by atoms with Gasteiger partial charge in [0, 0.05) is 6.08 Å². The van der Waals surface area contributed by atoms with Crippen molar-refractivity contribution < 1.29 is 29.3 Å². The molecule has 0 fully saturated rings. The summed E-state index contributed by atoms with van der Waals surface area (Å²) in [5.41, 5.74) is 0. The van der Waals surface area contributed by atoms with Crippen LogP contribution in [0.15, 0.2) is 12.7 Å². The van der Waals surface area contributed by atoms with E-state index >= 15 is 0 Å². The van der Waals surface area contributed by atoms with Crippen LogP contribution in [0.1, 0.15) is 0 Å². The third kappa shape index (κ3) is 3.90. The molecule has 0 rings (SSSR count). The Morgan fingerprint density at radius 3 is 2.08 bits per heavy atom. The zero-order chi connectivity index (χ0) is 10.4. The summed E-state index contributed by atoms with van der Waals surface area (Å²) in [7, 11) is 0. The van der Waals surface area contributed by atoms with Gasteiger partial charge in [-0.15, -0.1) is 0 Å². The van der Waals surface area contributed by atoms with E-state index in [4.69, 9.17) is 10.2 Å². The van der Waals surface area contributed by atoms with Crippen LogP contribution >= 0.6 is 0 Å². The number of hydrogen-bond donors (Lipinski definition) is 2. The number of esters is 1. The molecule has 2 N–H and O–H groups in total. The first kappa shape index (κ1) is 11.2. The predicted molar refractivity (Wildman–Crippen MR) is 39.9 cm³/mol. The molecule has 13 heavy (non-hydrogen) atoms. The second-order valence-corrected chi connectivity index (χ2v) is 2.06. The number of hydrogen-bond acceptors (Lipinski definition) is 4. The van der Waals surface area contributed by atoms with Crippen LogP contribution in [0.4, 0.5) is 0 Å². The number of aliphatic carboxylic acids is 2. The van der Waals surface area contributed by atoms with Gasteiger partial charge in [-0.05, 0) is 0 Å². The van der Waals surface area contributed by atoms with Crippen LogP contribution in [-0.4, -0.2) is 34.7 Å². The molecule has 0 aliphatic heterocycles. The lowest BCUT2D eigenvalue weighted by atomic mass is 10.2. The van der Waals surface area contributed by atoms with Gasteiger partial charge < -0.3 is 14.9 Å². The van der Waals surface area contributed by atoms with E-state index in [9.17, 15) is 14.4 Å². The van der Waals surface area contributed by atoms with Crippen LogP contribution in [0.2, 0.25) is 0 Å². The Morgan fingerprint density at radius 2 is 1.77 bits per heavy atom. The van der Waals surface area contributed by atoms with Crippen molar-refractivity contribution in [2.75, 3.05) is 6.61 Å². The molecule has 0 aromatic heterocycles. The fourth-order valence-electron chi connectivity index (χ4n) is 0.473. The van der Waals surface area contributed by atoms with Crippen LogP contribution in [0.5, 0.6) is 0 Å². The molecule has 0 spiro atoms. The van der Waals surface area contributed by atoms with E-state index in [1.165, 1.54) is 0 Å². The van der Waals surface area contributed by atoms with Gasteiger partial charge in [-0.25, -0.2) is 4.79 Å². The van der Waals surface area contributed by atoms with Crippen molar-refractivity contribution in [2.24, 2.45) is 5.92 Å². The predicted octanol–water partition coefficient (Wildman–Crippen LogP) is -0.499. The quantitative estimate of drug-likeness (QED) is 0.342. The monoisotopic (exact) mass is 188 g/mol. The maximum absolute atomic E-state index is 10.4. The average Bonchev–Trinajstić information content (AvgIpc) is 2.03. The van der Waals surface area contributed by atoms with Gasteiger partial charge in [0.2, 0.25) is 0 Å². The number of carboxylic acids is 2. The SMILES string of the molecule is C=CC(=O)OCC(C(=O)O)C(=O)O. The molecule has 0 radical (unpaired) electrons. The zero-order valence-corrected chi connectivity index (χ0v) is 6.60.